The maximum absolute atomic E-state index is 11.8. The molecule has 0 aromatic heterocycles. The summed E-state index contributed by atoms with van der Waals surface area (Å²) in [5.41, 5.74) is 1.98. The molecule has 0 bridgehead atoms. The maximum atomic E-state index is 11.8. The van der Waals surface area contributed by atoms with Gasteiger partial charge in [0.2, 0.25) is 11.8 Å². The SMILES string of the molecule is CCCN1CC(=O)N(C(C)C(=O)NN)CC1=O. The molecule has 1 heterocycles. The second-order valence-corrected chi connectivity index (χ2v) is 4.02. The van der Waals surface area contributed by atoms with Crippen molar-refractivity contribution < 1.29 is 14.4 Å². The number of hydrogen-bond acceptors (Lipinski definition) is 4. The highest BCUT2D eigenvalue weighted by Crippen LogP contribution is 2.09. The van der Waals surface area contributed by atoms with Crippen molar-refractivity contribution in [2.75, 3.05) is 19.6 Å². The van der Waals surface area contributed by atoms with Gasteiger partial charge in [0, 0.05) is 6.54 Å². The second kappa shape index (κ2) is 5.62. The highest BCUT2D eigenvalue weighted by atomic mass is 16.2. The summed E-state index contributed by atoms with van der Waals surface area (Å²) >= 11 is 0. The van der Waals surface area contributed by atoms with Gasteiger partial charge in [0.1, 0.15) is 12.6 Å². The number of carbonyl (C=O) groups excluding carboxylic acids is 3. The molecule has 0 radical (unpaired) electrons. The zero-order valence-corrected chi connectivity index (χ0v) is 10.1. The molecule has 0 aromatic rings. The average Bonchev–Trinajstić information content (AvgIpc) is 2.31. The lowest BCUT2D eigenvalue weighted by atomic mass is 10.2. The summed E-state index contributed by atoms with van der Waals surface area (Å²) in [5, 5.41) is 0. The molecule has 0 spiro atoms. The summed E-state index contributed by atoms with van der Waals surface area (Å²) in [6, 6.07) is -0.722. The highest BCUT2D eigenvalue weighted by Gasteiger charge is 2.34. The average molecular weight is 242 g/mol. The minimum Gasteiger partial charge on any atom is -0.332 e. The number of nitrogens with zero attached hydrogens (tertiary/aromatic N) is 2. The maximum Gasteiger partial charge on any atom is 0.256 e. The Bertz CT molecular complexity index is 332. The first-order valence-corrected chi connectivity index (χ1v) is 5.59. The van der Waals surface area contributed by atoms with Crippen LogP contribution in [0.5, 0.6) is 0 Å². The van der Waals surface area contributed by atoms with Gasteiger partial charge >= 0.3 is 0 Å². The topological polar surface area (TPSA) is 95.7 Å². The lowest BCUT2D eigenvalue weighted by molar-refractivity contribution is -0.154. The number of piperazine rings is 1. The first kappa shape index (κ1) is 13.4. The molecule has 96 valence electrons. The van der Waals surface area contributed by atoms with Gasteiger partial charge in [-0.15, -0.1) is 0 Å². The number of nitrogens with two attached hydrogens (primary N) is 1. The van der Waals surface area contributed by atoms with E-state index in [1.807, 2.05) is 12.3 Å². The number of carbonyl (C=O) groups is 3. The molecular formula is C10H18N4O3. The van der Waals surface area contributed by atoms with Crippen molar-refractivity contribution in [2.45, 2.75) is 26.3 Å². The monoisotopic (exact) mass is 242 g/mol. The third-order valence-corrected chi connectivity index (χ3v) is 2.79. The molecule has 1 aliphatic heterocycles. The van der Waals surface area contributed by atoms with Gasteiger partial charge in [-0.05, 0) is 13.3 Å². The summed E-state index contributed by atoms with van der Waals surface area (Å²) in [7, 11) is 0. The minimum absolute atomic E-state index is 0.0366. The Balaban J connectivity index is 2.70. The van der Waals surface area contributed by atoms with Crippen molar-refractivity contribution in [3.05, 3.63) is 0 Å². The molecular weight excluding hydrogens is 224 g/mol. The molecule has 1 aliphatic rings. The van der Waals surface area contributed by atoms with E-state index in [1.165, 1.54) is 9.80 Å². The van der Waals surface area contributed by atoms with E-state index in [0.717, 1.165) is 6.42 Å². The quantitative estimate of drug-likeness (QED) is 0.354. The van der Waals surface area contributed by atoms with Crippen molar-refractivity contribution in [2.24, 2.45) is 5.84 Å². The first-order valence-electron chi connectivity index (χ1n) is 5.59. The second-order valence-electron chi connectivity index (χ2n) is 4.02. The number of hydrazine groups is 1. The van der Waals surface area contributed by atoms with Crippen molar-refractivity contribution in [3.8, 4) is 0 Å². The van der Waals surface area contributed by atoms with Crippen molar-refractivity contribution in [1.82, 2.24) is 15.2 Å². The van der Waals surface area contributed by atoms with Gasteiger partial charge in [-0.25, -0.2) is 5.84 Å². The molecule has 1 unspecified atom stereocenters. The van der Waals surface area contributed by atoms with Crippen LogP contribution in [0.15, 0.2) is 0 Å². The van der Waals surface area contributed by atoms with Crippen molar-refractivity contribution in [3.63, 3.8) is 0 Å². The Labute approximate surface area is 99.9 Å². The number of amides is 3. The summed E-state index contributed by atoms with van der Waals surface area (Å²) < 4.78 is 0. The van der Waals surface area contributed by atoms with Crippen LogP contribution in [0.25, 0.3) is 0 Å². The number of rotatable bonds is 4. The Hall–Kier alpha value is -1.63. The first-order chi connectivity index (χ1) is 8.01. The van der Waals surface area contributed by atoms with Gasteiger partial charge in [0.15, 0.2) is 0 Å². The zero-order valence-electron chi connectivity index (χ0n) is 10.1. The molecule has 1 saturated heterocycles. The molecule has 7 heteroatoms. The van der Waals surface area contributed by atoms with Crippen LogP contribution in [0.4, 0.5) is 0 Å². The summed E-state index contributed by atoms with van der Waals surface area (Å²) in [6.07, 6.45) is 0.803. The predicted octanol–water partition coefficient (Wildman–Crippen LogP) is -1.55. The number of hydrogen-bond donors (Lipinski definition) is 2. The number of nitrogens with one attached hydrogen (secondary N) is 1. The molecule has 3 amide bonds. The molecule has 0 aliphatic carbocycles. The van der Waals surface area contributed by atoms with Crippen LogP contribution in [0.2, 0.25) is 0 Å². The summed E-state index contributed by atoms with van der Waals surface area (Å²) in [4.78, 5) is 37.6. The van der Waals surface area contributed by atoms with Crippen molar-refractivity contribution >= 4 is 17.7 Å². The van der Waals surface area contributed by atoms with Crippen LogP contribution in [-0.4, -0.2) is 53.2 Å². The van der Waals surface area contributed by atoms with Gasteiger partial charge in [0.05, 0.1) is 6.54 Å². The predicted molar refractivity (Wildman–Crippen MR) is 60.4 cm³/mol. The lowest BCUT2D eigenvalue weighted by Crippen LogP contribution is -2.59. The molecule has 1 fully saturated rings. The van der Waals surface area contributed by atoms with Crippen molar-refractivity contribution in [1.29, 1.82) is 0 Å². The third-order valence-electron chi connectivity index (χ3n) is 2.79. The third kappa shape index (κ3) is 2.94. The van der Waals surface area contributed by atoms with E-state index >= 15 is 0 Å². The van der Waals surface area contributed by atoms with Crippen LogP contribution in [-0.2, 0) is 14.4 Å². The van der Waals surface area contributed by atoms with Gasteiger partial charge < -0.3 is 9.80 Å². The standard InChI is InChI=1S/C10H18N4O3/c1-3-4-13-5-9(16)14(6-8(13)15)7(2)10(17)12-11/h7H,3-6,11H2,1-2H3,(H,12,17). The summed E-state index contributed by atoms with van der Waals surface area (Å²) in [6.45, 7) is 4.02. The Kier molecular flexibility index (Phi) is 4.45. The van der Waals surface area contributed by atoms with E-state index in [1.54, 1.807) is 6.92 Å². The van der Waals surface area contributed by atoms with Crippen LogP contribution < -0.4 is 11.3 Å². The van der Waals surface area contributed by atoms with E-state index < -0.39 is 11.9 Å². The Morgan fingerprint density at radius 1 is 1.41 bits per heavy atom. The fourth-order valence-corrected chi connectivity index (χ4v) is 1.76. The lowest BCUT2D eigenvalue weighted by Gasteiger charge is -2.36. The Morgan fingerprint density at radius 3 is 2.59 bits per heavy atom. The fraction of sp³-hybridized carbons (Fsp3) is 0.700. The molecule has 0 aromatic carbocycles. The van der Waals surface area contributed by atoms with Crippen LogP contribution in [0, 0.1) is 0 Å². The van der Waals surface area contributed by atoms with E-state index in [9.17, 15) is 14.4 Å². The molecule has 17 heavy (non-hydrogen) atoms. The molecule has 7 nitrogen and oxygen atoms in total. The van der Waals surface area contributed by atoms with E-state index in [-0.39, 0.29) is 24.9 Å². The van der Waals surface area contributed by atoms with Gasteiger partial charge in [-0.3, -0.25) is 19.8 Å². The zero-order chi connectivity index (χ0) is 13.0. The summed E-state index contributed by atoms with van der Waals surface area (Å²) in [5.74, 6) is 4.16. The Morgan fingerprint density at radius 2 is 2.06 bits per heavy atom. The normalized spacial score (nSPS) is 18.3. The molecule has 1 rings (SSSR count). The van der Waals surface area contributed by atoms with Gasteiger partial charge in [0.25, 0.3) is 5.91 Å². The van der Waals surface area contributed by atoms with Crippen LogP contribution >= 0.6 is 0 Å². The van der Waals surface area contributed by atoms with Gasteiger partial charge in [-0.1, -0.05) is 6.92 Å². The highest BCUT2D eigenvalue weighted by molar-refractivity contribution is 5.95. The van der Waals surface area contributed by atoms with E-state index in [2.05, 4.69) is 0 Å². The van der Waals surface area contributed by atoms with E-state index in [4.69, 9.17) is 5.84 Å². The largest absolute Gasteiger partial charge is 0.332 e. The molecule has 3 N–H and O–H groups in total. The minimum atomic E-state index is -0.722. The smallest absolute Gasteiger partial charge is 0.256 e. The molecule has 1 atom stereocenters. The fourth-order valence-electron chi connectivity index (χ4n) is 1.76. The van der Waals surface area contributed by atoms with Crippen LogP contribution in [0.3, 0.4) is 0 Å². The molecule has 0 saturated carbocycles. The van der Waals surface area contributed by atoms with E-state index in [0.29, 0.717) is 6.54 Å². The van der Waals surface area contributed by atoms with Crippen LogP contribution in [0.1, 0.15) is 20.3 Å². The van der Waals surface area contributed by atoms with Gasteiger partial charge in [-0.2, -0.15) is 0 Å².